The zero-order valence-electron chi connectivity index (χ0n) is 17.9. The van der Waals surface area contributed by atoms with Gasteiger partial charge in [-0.1, -0.05) is 12.1 Å². The number of nitrogen functional groups attached to an aromatic ring is 1. The van der Waals surface area contributed by atoms with Gasteiger partial charge in [0.15, 0.2) is 0 Å². The van der Waals surface area contributed by atoms with Crippen LogP contribution in [-0.4, -0.2) is 41.4 Å². The van der Waals surface area contributed by atoms with Gasteiger partial charge < -0.3 is 24.8 Å². The van der Waals surface area contributed by atoms with Crippen LogP contribution in [0.2, 0.25) is 0 Å². The van der Waals surface area contributed by atoms with Crippen molar-refractivity contribution >= 4 is 22.6 Å². The highest BCUT2D eigenvalue weighted by molar-refractivity contribution is 6.02. The molecular formula is C24H20F3N3O4. The van der Waals surface area contributed by atoms with Crippen molar-refractivity contribution in [2.45, 2.75) is 38.1 Å². The zero-order chi connectivity index (χ0) is 23.6. The highest BCUT2D eigenvalue weighted by Crippen LogP contribution is 2.39. The number of amides is 1. The first-order valence-corrected chi connectivity index (χ1v) is 10.9. The van der Waals surface area contributed by atoms with Gasteiger partial charge in [0.1, 0.15) is 11.6 Å². The Morgan fingerprint density at radius 3 is 2.59 bits per heavy atom. The minimum Gasteiger partial charge on any atom is -0.406 e. The van der Waals surface area contributed by atoms with Crippen LogP contribution >= 0.6 is 0 Å². The standard InChI is InChI=1S/C24H20F3N3O4/c25-24(26,27)34-15-3-1-12(2-4-15)21-11-32-8-14-5-13-6-20-17(7-16(13)23(31)30(14)21)18-9-33-10-19(18)22(28)29-20/h1-4,6-7,14,21H,5,8-11H2,(H2,28,29)/t14-,21-/m1/s1. The van der Waals surface area contributed by atoms with Crippen LogP contribution in [0.3, 0.4) is 0 Å². The Labute approximate surface area is 192 Å². The summed E-state index contributed by atoms with van der Waals surface area (Å²) in [5.41, 5.74) is 10.8. The summed E-state index contributed by atoms with van der Waals surface area (Å²) < 4.78 is 52.9. The first-order valence-electron chi connectivity index (χ1n) is 10.9. The van der Waals surface area contributed by atoms with Gasteiger partial charge in [-0.25, -0.2) is 4.98 Å². The molecule has 1 saturated heterocycles. The Morgan fingerprint density at radius 2 is 1.82 bits per heavy atom. The molecular weight excluding hydrogens is 451 g/mol. The molecule has 6 rings (SSSR count). The van der Waals surface area contributed by atoms with E-state index in [1.54, 1.807) is 4.90 Å². The lowest BCUT2D eigenvalue weighted by Gasteiger charge is -2.45. The van der Waals surface area contributed by atoms with Crippen LogP contribution in [0.5, 0.6) is 5.75 Å². The Balaban J connectivity index is 1.37. The van der Waals surface area contributed by atoms with Crippen LogP contribution in [-0.2, 0) is 29.1 Å². The summed E-state index contributed by atoms with van der Waals surface area (Å²) in [6, 6.07) is 8.75. The van der Waals surface area contributed by atoms with E-state index in [9.17, 15) is 18.0 Å². The van der Waals surface area contributed by atoms with E-state index in [0.717, 1.165) is 27.6 Å². The molecule has 7 nitrogen and oxygen atoms in total. The summed E-state index contributed by atoms with van der Waals surface area (Å²) in [5.74, 6) is -0.00144. The highest BCUT2D eigenvalue weighted by atomic mass is 19.4. The molecule has 2 atom stereocenters. The van der Waals surface area contributed by atoms with E-state index < -0.39 is 12.4 Å². The molecule has 3 aliphatic heterocycles. The number of carbonyl (C=O) groups is 1. The zero-order valence-corrected chi connectivity index (χ0v) is 17.9. The number of fused-ring (bicyclic) bond motifs is 5. The van der Waals surface area contributed by atoms with Crippen LogP contribution in [0.4, 0.5) is 19.0 Å². The lowest BCUT2D eigenvalue weighted by molar-refractivity contribution is -0.274. The number of anilines is 1. The topological polar surface area (TPSA) is 86.9 Å². The summed E-state index contributed by atoms with van der Waals surface area (Å²) in [7, 11) is 0. The second kappa shape index (κ2) is 7.57. The fourth-order valence-corrected chi connectivity index (χ4v) is 5.17. The van der Waals surface area contributed by atoms with Crippen molar-refractivity contribution in [2.24, 2.45) is 0 Å². The number of nitrogens with two attached hydrogens (primary N) is 1. The number of rotatable bonds is 2. The SMILES string of the molecule is Nc1nc2cc3c(cc2c2c1COC2)C(=O)N1[C@@H](COC[C@@H]1c1ccc(OC(F)(F)F)cc1)C3. The van der Waals surface area contributed by atoms with E-state index in [0.29, 0.717) is 43.2 Å². The second-order valence-corrected chi connectivity index (χ2v) is 8.71. The minimum atomic E-state index is -4.76. The third-order valence-electron chi connectivity index (χ3n) is 6.69. The predicted molar refractivity (Wildman–Crippen MR) is 115 cm³/mol. The molecule has 0 radical (unpaired) electrons. The van der Waals surface area contributed by atoms with Crippen LogP contribution < -0.4 is 10.5 Å². The number of aromatic nitrogens is 1. The third kappa shape index (κ3) is 3.45. The summed E-state index contributed by atoms with van der Waals surface area (Å²) in [6.07, 6.45) is -4.18. The number of ether oxygens (including phenoxy) is 3. The first-order chi connectivity index (χ1) is 16.3. The van der Waals surface area contributed by atoms with Crippen LogP contribution in [0.1, 0.15) is 38.7 Å². The molecule has 1 amide bonds. The van der Waals surface area contributed by atoms with Gasteiger partial charge in [0.2, 0.25) is 0 Å². The van der Waals surface area contributed by atoms with Gasteiger partial charge in [0, 0.05) is 16.5 Å². The minimum absolute atomic E-state index is 0.137. The molecule has 0 saturated carbocycles. The molecule has 2 aromatic carbocycles. The number of alkyl halides is 3. The molecule has 0 bridgehead atoms. The lowest BCUT2D eigenvalue weighted by atomic mass is 9.88. The molecule has 3 aromatic rings. The van der Waals surface area contributed by atoms with Crippen molar-refractivity contribution in [3.8, 4) is 5.75 Å². The van der Waals surface area contributed by atoms with Crippen molar-refractivity contribution in [3.05, 3.63) is 64.2 Å². The highest BCUT2D eigenvalue weighted by Gasteiger charge is 2.41. The number of carbonyl (C=O) groups excluding carboxylic acids is 1. The molecule has 2 N–H and O–H groups in total. The lowest BCUT2D eigenvalue weighted by Crippen LogP contribution is -2.54. The van der Waals surface area contributed by atoms with E-state index in [1.807, 2.05) is 12.1 Å². The molecule has 34 heavy (non-hydrogen) atoms. The van der Waals surface area contributed by atoms with Crippen LogP contribution in [0, 0.1) is 0 Å². The van der Waals surface area contributed by atoms with Crippen LogP contribution in [0.15, 0.2) is 36.4 Å². The molecule has 3 aliphatic rings. The summed E-state index contributed by atoms with van der Waals surface area (Å²) >= 11 is 0. The van der Waals surface area contributed by atoms with Gasteiger partial charge in [-0.2, -0.15) is 0 Å². The smallest absolute Gasteiger partial charge is 0.406 e. The number of hydrogen-bond acceptors (Lipinski definition) is 6. The predicted octanol–water partition coefficient (Wildman–Crippen LogP) is 3.88. The van der Waals surface area contributed by atoms with Crippen molar-refractivity contribution in [3.63, 3.8) is 0 Å². The molecule has 0 aliphatic carbocycles. The van der Waals surface area contributed by atoms with E-state index in [1.165, 1.54) is 24.3 Å². The average molecular weight is 471 g/mol. The molecule has 4 heterocycles. The molecule has 0 spiro atoms. The Morgan fingerprint density at radius 1 is 1.06 bits per heavy atom. The quantitative estimate of drug-likeness (QED) is 0.611. The monoisotopic (exact) mass is 471 g/mol. The summed E-state index contributed by atoms with van der Waals surface area (Å²) in [5, 5.41) is 0.853. The van der Waals surface area contributed by atoms with E-state index in [2.05, 4.69) is 9.72 Å². The number of benzene rings is 2. The van der Waals surface area contributed by atoms with Crippen molar-refractivity contribution < 1.29 is 32.2 Å². The van der Waals surface area contributed by atoms with E-state index in [4.69, 9.17) is 15.2 Å². The van der Waals surface area contributed by atoms with Gasteiger partial charge in [0.25, 0.3) is 5.91 Å². The molecule has 10 heteroatoms. The second-order valence-electron chi connectivity index (χ2n) is 8.71. The van der Waals surface area contributed by atoms with Gasteiger partial charge in [-0.05, 0) is 47.4 Å². The molecule has 1 aromatic heterocycles. The number of nitrogens with zero attached hydrogens (tertiary/aromatic N) is 2. The number of morpholine rings is 1. The fraction of sp³-hybridized carbons (Fsp3) is 0.333. The largest absolute Gasteiger partial charge is 0.573 e. The van der Waals surface area contributed by atoms with Gasteiger partial charge in [-0.15, -0.1) is 13.2 Å². The summed E-state index contributed by atoms with van der Waals surface area (Å²) in [6.45, 7) is 1.45. The molecule has 1 fully saturated rings. The maximum absolute atomic E-state index is 13.7. The normalized spacial score (nSPS) is 21.9. The molecule has 176 valence electrons. The van der Waals surface area contributed by atoms with E-state index in [-0.39, 0.29) is 24.3 Å². The van der Waals surface area contributed by atoms with Gasteiger partial charge in [-0.3, -0.25) is 4.79 Å². The summed E-state index contributed by atoms with van der Waals surface area (Å²) in [4.78, 5) is 20.0. The van der Waals surface area contributed by atoms with Gasteiger partial charge in [0.05, 0.1) is 44.0 Å². The fourth-order valence-electron chi connectivity index (χ4n) is 5.17. The Kier molecular flexibility index (Phi) is 4.72. The first kappa shape index (κ1) is 21.2. The number of halogens is 3. The van der Waals surface area contributed by atoms with E-state index >= 15 is 0 Å². The Hall–Kier alpha value is -3.37. The van der Waals surface area contributed by atoms with Crippen molar-refractivity contribution in [2.75, 3.05) is 18.9 Å². The van der Waals surface area contributed by atoms with Crippen molar-refractivity contribution in [1.29, 1.82) is 0 Å². The van der Waals surface area contributed by atoms with Gasteiger partial charge >= 0.3 is 6.36 Å². The maximum Gasteiger partial charge on any atom is 0.573 e. The number of hydrogen-bond donors (Lipinski definition) is 1. The third-order valence-corrected chi connectivity index (χ3v) is 6.69. The molecule has 0 unspecified atom stereocenters. The average Bonchev–Trinajstić information content (AvgIpc) is 3.29. The Bertz CT molecular complexity index is 1310. The number of pyridine rings is 1. The van der Waals surface area contributed by atoms with Crippen molar-refractivity contribution in [1.82, 2.24) is 9.88 Å². The van der Waals surface area contributed by atoms with Crippen LogP contribution in [0.25, 0.3) is 10.9 Å². The maximum atomic E-state index is 13.7.